The number of hydrogen-bond donors (Lipinski definition) is 1. The molecule has 2 aromatic rings. The molecule has 0 amide bonds. The first-order chi connectivity index (χ1) is 8.78. The van der Waals surface area contributed by atoms with Gasteiger partial charge in [-0.25, -0.2) is 4.98 Å². The summed E-state index contributed by atoms with van der Waals surface area (Å²) in [6.07, 6.45) is 0.993. The molecular formula is C12H17N3O2S. The van der Waals surface area contributed by atoms with Gasteiger partial charge in [0.25, 0.3) is 0 Å². The Kier molecular flexibility index (Phi) is 4.33. The summed E-state index contributed by atoms with van der Waals surface area (Å²) in [5.41, 5.74) is 0. The summed E-state index contributed by atoms with van der Waals surface area (Å²) in [6.45, 7) is 3.16. The molecule has 98 valence electrons. The largest absolute Gasteiger partial charge is 0.475 e. The summed E-state index contributed by atoms with van der Waals surface area (Å²) >= 11 is 1.68. The van der Waals surface area contributed by atoms with Gasteiger partial charge >= 0.3 is 0 Å². The number of aryl methyl sites for hydroxylation is 1. The minimum Gasteiger partial charge on any atom is -0.475 e. The molecular weight excluding hydrogens is 250 g/mol. The van der Waals surface area contributed by atoms with Gasteiger partial charge in [-0.1, -0.05) is 6.92 Å². The third kappa shape index (κ3) is 2.70. The van der Waals surface area contributed by atoms with Crippen molar-refractivity contribution < 1.29 is 9.47 Å². The molecule has 5 nitrogen and oxygen atoms in total. The smallest absolute Gasteiger partial charge is 0.227 e. The Hall–Kier alpha value is -1.40. The van der Waals surface area contributed by atoms with Gasteiger partial charge in [0.2, 0.25) is 11.8 Å². The van der Waals surface area contributed by atoms with Gasteiger partial charge in [0.15, 0.2) is 0 Å². The van der Waals surface area contributed by atoms with Crippen LogP contribution in [0.1, 0.15) is 11.8 Å². The number of rotatable bonds is 6. The molecule has 2 aromatic heterocycles. The standard InChI is InChI=1S/C12H17N3O2S/c1-4-8-7-9-10(17-6-5-16-3)14-12(13-2)15-11(9)18-8/h7H,4-6H2,1-3H3,(H,13,14,15). The minimum atomic E-state index is 0.489. The van der Waals surface area contributed by atoms with Crippen LogP contribution in [0.2, 0.25) is 0 Å². The van der Waals surface area contributed by atoms with Crippen LogP contribution >= 0.6 is 11.3 Å². The molecule has 0 saturated carbocycles. The fourth-order valence-corrected chi connectivity index (χ4v) is 2.52. The molecule has 0 aromatic carbocycles. The number of fused-ring (bicyclic) bond motifs is 1. The van der Waals surface area contributed by atoms with Crippen molar-refractivity contribution in [3.05, 3.63) is 10.9 Å². The summed E-state index contributed by atoms with van der Waals surface area (Å²) < 4.78 is 10.6. The number of nitrogens with zero attached hydrogens (tertiary/aromatic N) is 2. The topological polar surface area (TPSA) is 56.3 Å². The van der Waals surface area contributed by atoms with Gasteiger partial charge in [0, 0.05) is 19.0 Å². The second kappa shape index (κ2) is 5.97. The fourth-order valence-electron chi connectivity index (χ4n) is 1.56. The Morgan fingerprint density at radius 3 is 2.83 bits per heavy atom. The van der Waals surface area contributed by atoms with Crippen molar-refractivity contribution in [2.45, 2.75) is 13.3 Å². The molecule has 18 heavy (non-hydrogen) atoms. The normalized spacial score (nSPS) is 10.8. The van der Waals surface area contributed by atoms with E-state index in [0.717, 1.165) is 16.6 Å². The van der Waals surface area contributed by atoms with Gasteiger partial charge in [-0.05, 0) is 12.5 Å². The van der Waals surface area contributed by atoms with E-state index in [-0.39, 0.29) is 0 Å². The van der Waals surface area contributed by atoms with Crippen LogP contribution in [0.4, 0.5) is 5.95 Å². The van der Waals surface area contributed by atoms with E-state index in [1.807, 2.05) is 0 Å². The maximum atomic E-state index is 5.65. The van der Waals surface area contributed by atoms with E-state index in [4.69, 9.17) is 9.47 Å². The SMILES string of the molecule is CCc1cc2c(OCCOC)nc(NC)nc2s1. The van der Waals surface area contributed by atoms with Crippen LogP contribution < -0.4 is 10.1 Å². The van der Waals surface area contributed by atoms with Crippen molar-refractivity contribution >= 4 is 27.5 Å². The predicted octanol–water partition coefficient (Wildman–Crippen LogP) is 2.32. The molecule has 6 heteroatoms. The summed E-state index contributed by atoms with van der Waals surface area (Å²) in [6, 6.07) is 2.10. The molecule has 0 radical (unpaired) electrons. The lowest BCUT2D eigenvalue weighted by atomic mass is 10.3. The highest BCUT2D eigenvalue weighted by Crippen LogP contribution is 2.31. The highest BCUT2D eigenvalue weighted by atomic mass is 32.1. The van der Waals surface area contributed by atoms with Gasteiger partial charge in [0.05, 0.1) is 12.0 Å². The van der Waals surface area contributed by atoms with Crippen molar-refractivity contribution in [1.29, 1.82) is 0 Å². The Bertz CT molecular complexity index is 527. The van der Waals surface area contributed by atoms with E-state index in [0.29, 0.717) is 25.0 Å². The van der Waals surface area contributed by atoms with Gasteiger partial charge in [-0.2, -0.15) is 4.98 Å². The summed E-state index contributed by atoms with van der Waals surface area (Å²) in [7, 11) is 3.45. The molecule has 0 unspecified atom stereocenters. The maximum absolute atomic E-state index is 5.65. The first kappa shape index (κ1) is 13.0. The van der Waals surface area contributed by atoms with Gasteiger partial charge < -0.3 is 14.8 Å². The molecule has 2 heterocycles. The lowest BCUT2D eigenvalue weighted by molar-refractivity contribution is 0.144. The van der Waals surface area contributed by atoms with Crippen molar-refractivity contribution in [2.24, 2.45) is 0 Å². The van der Waals surface area contributed by atoms with Crippen LogP contribution in [0.15, 0.2) is 6.07 Å². The molecule has 0 atom stereocenters. The molecule has 0 aliphatic carbocycles. The zero-order valence-corrected chi connectivity index (χ0v) is 11.6. The van der Waals surface area contributed by atoms with E-state index in [2.05, 4.69) is 28.3 Å². The van der Waals surface area contributed by atoms with Crippen molar-refractivity contribution in [3.63, 3.8) is 0 Å². The molecule has 0 spiro atoms. The average Bonchev–Trinajstić information content (AvgIpc) is 2.81. The molecule has 0 aliphatic rings. The zero-order chi connectivity index (χ0) is 13.0. The van der Waals surface area contributed by atoms with E-state index in [9.17, 15) is 0 Å². The summed E-state index contributed by atoms with van der Waals surface area (Å²) in [5, 5.41) is 3.93. The van der Waals surface area contributed by atoms with Crippen LogP contribution in [0, 0.1) is 0 Å². The minimum absolute atomic E-state index is 0.489. The summed E-state index contributed by atoms with van der Waals surface area (Å²) in [5.74, 6) is 1.21. The number of methoxy groups -OCH3 is 1. The molecule has 2 rings (SSSR count). The average molecular weight is 267 g/mol. The van der Waals surface area contributed by atoms with Crippen LogP contribution in [0.5, 0.6) is 5.88 Å². The molecule has 1 N–H and O–H groups in total. The van der Waals surface area contributed by atoms with Gasteiger partial charge in [0.1, 0.15) is 11.4 Å². The van der Waals surface area contributed by atoms with E-state index in [1.54, 1.807) is 25.5 Å². The third-order valence-corrected chi connectivity index (χ3v) is 3.68. The highest BCUT2D eigenvalue weighted by Gasteiger charge is 2.11. The molecule has 0 aliphatic heterocycles. The lowest BCUT2D eigenvalue weighted by Crippen LogP contribution is -2.07. The van der Waals surface area contributed by atoms with E-state index >= 15 is 0 Å². The molecule has 0 bridgehead atoms. The van der Waals surface area contributed by atoms with E-state index in [1.165, 1.54) is 4.88 Å². The first-order valence-electron chi connectivity index (χ1n) is 5.88. The Morgan fingerprint density at radius 2 is 2.17 bits per heavy atom. The Morgan fingerprint density at radius 1 is 1.33 bits per heavy atom. The number of hydrogen-bond acceptors (Lipinski definition) is 6. The van der Waals surface area contributed by atoms with Gasteiger partial charge in [-0.3, -0.25) is 0 Å². The number of aromatic nitrogens is 2. The van der Waals surface area contributed by atoms with Gasteiger partial charge in [-0.15, -0.1) is 11.3 Å². The fraction of sp³-hybridized carbons (Fsp3) is 0.500. The Labute approximate surface area is 110 Å². The monoisotopic (exact) mass is 267 g/mol. The second-order valence-corrected chi connectivity index (χ2v) is 4.84. The van der Waals surface area contributed by atoms with Crippen molar-refractivity contribution in [2.75, 3.05) is 32.7 Å². The lowest BCUT2D eigenvalue weighted by Gasteiger charge is -2.07. The number of nitrogens with one attached hydrogen (secondary N) is 1. The molecule has 0 fully saturated rings. The number of thiophene rings is 1. The van der Waals surface area contributed by atoms with Crippen molar-refractivity contribution in [3.8, 4) is 5.88 Å². The predicted molar refractivity (Wildman–Crippen MR) is 73.7 cm³/mol. The van der Waals surface area contributed by atoms with Crippen LogP contribution in [0.25, 0.3) is 10.2 Å². The van der Waals surface area contributed by atoms with Crippen LogP contribution in [-0.4, -0.2) is 37.3 Å². The maximum Gasteiger partial charge on any atom is 0.227 e. The van der Waals surface area contributed by atoms with Crippen LogP contribution in [0.3, 0.4) is 0 Å². The molecule has 0 saturated heterocycles. The third-order valence-electron chi connectivity index (χ3n) is 2.51. The summed E-state index contributed by atoms with van der Waals surface area (Å²) in [4.78, 5) is 11.0. The highest BCUT2D eigenvalue weighted by molar-refractivity contribution is 7.18. The second-order valence-electron chi connectivity index (χ2n) is 3.73. The zero-order valence-electron chi connectivity index (χ0n) is 10.8. The van der Waals surface area contributed by atoms with Crippen LogP contribution in [-0.2, 0) is 11.2 Å². The number of anilines is 1. The number of ether oxygens (including phenoxy) is 2. The first-order valence-corrected chi connectivity index (χ1v) is 6.70. The quantitative estimate of drug-likeness (QED) is 0.814. The van der Waals surface area contributed by atoms with E-state index < -0.39 is 0 Å². The van der Waals surface area contributed by atoms with Crippen molar-refractivity contribution in [1.82, 2.24) is 9.97 Å². The Balaban J connectivity index is 2.37.